The fourth-order valence-electron chi connectivity index (χ4n) is 3.46. The predicted octanol–water partition coefficient (Wildman–Crippen LogP) is 4.31. The highest BCUT2D eigenvalue weighted by Crippen LogP contribution is 2.43. The third-order valence-electron chi connectivity index (χ3n) is 4.92. The molecule has 0 bridgehead atoms. The zero-order valence-electron chi connectivity index (χ0n) is 16.3. The van der Waals surface area contributed by atoms with Crippen LogP contribution >= 0.6 is 0 Å². The molecule has 30 heavy (non-hydrogen) atoms. The minimum absolute atomic E-state index is 0.140. The molecule has 0 atom stereocenters. The number of rotatable bonds is 5. The number of sulfonamides is 1. The van der Waals surface area contributed by atoms with Crippen molar-refractivity contribution in [3.05, 3.63) is 84.9 Å². The summed E-state index contributed by atoms with van der Waals surface area (Å²) in [4.78, 5) is 13.0. The highest BCUT2D eigenvalue weighted by molar-refractivity contribution is 7.93. The van der Waals surface area contributed by atoms with Crippen LogP contribution in [0, 0.1) is 0 Å². The number of anilines is 2. The lowest BCUT2D eigenvalue weighted by Gasteiger charge is -2.31. The van der Waals surface area contributed by atoms with E-state index in [1.165, 1.54) is 4.31 Å². The second-order valence-electron chi connectivity index (χ2n) is 6.74. The van der Waals surface area contributed by atoms with Gasteiger partial charge in [0.1, 0.15) is 5.75 Å². The van der Waals surface area contributed by atoms with Gasteiger partial charge >= 0.3 is 0 Å². The van der Waals surface area contributed by atoms with Crippen molar-refractivity contribution in [3.8, 4) is 16.9 Å². The average molecular weight is 420 g/mol. The molecule has 1 amide bonds. The molecule has 0 saturated heterocycles. The lowest BCUT2D eigenvalue weighted by Crippen LogP contribution is -2.34. The molecule has 0 fully saturated rings. The van der Waals surface area contributed by atoms with Gasteiger partial charge in [0.05, 0.1) is 24.2 Å². The van der Waals surface area contributed by atoms with Crippen LogP contribution in [0.1, 0.15) is 10.4 Å². The van der Waals surface area contributed by atoms with Gasteiger partial charge in [-0.25, -0.2) is 8.42 Å². The Morgan fingerprint density at radius 1 is 1.07 bits per heavy atom. The molecular formula is C23H20N2O4S. The summed E-state index contributed by atoms with van der Waals surface area (Å²) in [6.07, 6.45) is 1.54. The summed E-state index contributed by atoms with van der Waals surface area (Å²) in [5.74, 6) is 0.408. The van der Waals surface area contributed by atoms with E-state index < -0.39 is 10.0 Å². The molecule has 7 heteroatoms. The normalized spacial score (nSPS) is 13.7. The maximum absolute atomic E-state index is 13.1. The Bertz CT molecular complexity index is 1230. The van der Waals surface area contributed by atoms with E-state index in [0.29, 0.717) is 33.8 Å². The number of carbonyl (C=O) groups excluding carboxylic acids is 1. The summed E-state index contributed by atoms with van der Waals surface area (Å²) in [6, 6.07) is 18.8. The summed E-state index contributed by atoms with van der Waals surface area (Å²) in [5, 5.41) is 2.85. The van der Waals surface area contributed by atoms with E-state index in [0.717, 1.165) is 0 Å². The minimum atomic E-state index is -3.70. The smallest absolute Gasteiger partial charge is 0.265 e. The van der Waals surface area contributed by atoms with Crippen molar-refractivity contribution in [2.45, 2.75) is 4.90 Å². The third-order valence-corrected chi connectivity index (χ3v) is 6.75. The van der Waals surface area contributed by atoms with Crippen molar-refractivity contribution in [3.63, 3.8) is 0 Å². The number of nitrogens with zero attached hydrogens (tertiary/aromatic N) is 1. The number of ether oxygens (including phenoxy) is 1. The molecule has 6 nitrogen and oxygen atoms in total. The first-order chi connectivity index (χ1) is 14.5. The van der Waals surface area contributed by atoms with E-state index in [-0.39, 0.29) is 17.3 Å². The number of amides is 1. The molecule has 1 heterocycles. The number of benzene rings is 3. The van der Waals surface area contributed by atoms with E-state index in [2.05, 4.69) is 11.9 Å². The van der Waals surface area contributed by atoms with Gasteiger partial charge in [-0.05, 0) is 48.5 Å². The summed E-state index contributed by atoms with van der Waals surface area (Å²) >= 11 is 0. The fraction of sp³-hybridized carbons (Fsp3) is 0.0870. The highest BCUT2D eigenvalue weighted by Gasteiger charge is 2.34. The van der Waals surface area contributed by atoms with E-state index in [9.17, 15) is 13.2 Å². The topological polar surface area (TPSA) is 75.7 Å². The molecule has 4 rings (SSSR count). The first-order valence-electron chi connectivity index (χ1n) is 9.28. The quantitative estimate of drug-likeness (QED) is 0.624. The summed E-state index contributed by atoms with van der Waals surface area (Å²) in [7, 11) is -2.12. The first kappa shape index (κ1) is 19.7. The molecule has 1 N–H and O–H groups in total. The molecule has 3 aromatic rings. The lowest BCUT2D eigenvalue weighted by atomic mass is 10.00. The van der Waals surface area contributed by atoms with E-state index >= 15 is 0 Å². The summed E-state index contributed by atoms with van der Waals surface area (Å²) in [5.41, 5.74) is 2.85. The van der Waals surface area contributed by atoms with Gasteiger partial charge in [-0.2, -0.15) is 0 Å². The van der Waals surface area contributed by atoms with E-state index in [4.69, 9.17) is 4.74 Å². The molecule has 0 unspecified atom stereocenters. The third kappa shape index (κ3) is 3.33. The van der Waals surface area contributed by atoms with Gasteiger partial charge in [-0.15, -0.1) is 6.58 Å². The zero-order chi connectivity index (χ0) is 21.3. The van der Waals surface area contributed by atoms with Gasteiger partial charge in [0.25, 0.3) is 15.9 Å². The van der Waals surface area contributed by atoms with Gasteiger partial charge < -0.3 is 10.1 Å². The number of fused-ring (bicyclic) bond motifs is 3. The van der Waals surface area contributed by atoms with Crippen molar-refractivity contribution in [2.24, 2.45) is 0 Å². The van der Waals surface area contributed by atoms with Crippen molar-refractivity contribution in [1.82, 2.24) is 0 Å². The Balaban J connectivity index is 1.75. The molecule has 152 valence electrons. The number of nitrogens with one attached hydrogen (secondary N) is 1. The van der Waals surface area contributed by atoms with Crippen LogP contribution in [0.25, 0.3) is 11.1 Å². The maximum atomic E-state index is 13.1. The summed E-state index contributed by atoms with van der Waals surface area (Å²) in [6.45, 7) is 3.81. The zero-order valence-corrected chi connectivity index (χ0v) is 17.1. The van der Waals surface area contributed by atoms with E-state index in [1.54, 1.807) is 79.9 Å². The number of hydrogen-bond donors (Lipinski definition) is 1. The Morgan fingerprint density at radius 2 is 1.80 bits per heavy atom. The Kier molecular flexibility index (Phi) is 5.05. The average Bonchev–Trinajstić information content (AvgIpc) is 2.77. The number of methoxy groups -OCH3 is 1. The van der Waals surface area contributed by atoms with Gasteiger partial charge in [0.2, 0.25) is 0 Å². The van der Waals surface area contributed by atoms with Crippen LogP contribution in [0.4, 0.5) is 11.4 Å². The molecule has 0 saturated carbocycles. The van der Waals surface area contributed by atoms with Crippen molar-refractivity contribution in [1.29, 1.82) is 0 Å². The molecule has 0 aliphatic carbocycles. The Hall–Kier alpha value is -3.58. The Labute approximate surface area is 175 Å². The van der Waals surface area contributed by atoms with Gasteiger partial charge in [0, 0.05) is 22.4 Å². The van der Waals surface area contributed by atoms with Gasteiger partial charge in [0.15, 0.2) is 0 Å². The molecule has 3 aromatic carbocycles. The molecule has 1 aliphatic rings. The van der Waals surface area contributed by atoms with Crippen LogP contribution in [0.2, 0.25) is 0 Å². The fourth-order valence-corrected chi connectivity index (χ4v) is 5.13. The van der Waals surface area contributed by atoms with Crippen LogP contribution in [0.15, 0.2) is 84.3 Å². The van der Waals surface area contributed by atoms with Crippen molar-refractivity contribution < 1.29 is 17.9 Å². The summed E-state index contributed by atoms with van der Waals surface area (Å²) < 4.78 is 32.6. The molecule has 0 radical (unpaired) electrons. The first-order valence-corrected chi connectivity index (χ1v) is 10.7. The van der Waals surface area contributed by atoms with E-state index in [1.807, 2.05) is 0 Å². The molecule has 1 aliphatic heterocycles. The SMILES string of the molecule is C=CCN1c2ccc(C(=O)Nc3ccc(OC)cc3)cc2-c2ccccc2S1(=O)=O. The highest BCUT2D eigenvalue weighted by atomic mass is 32.2. The molecular weight excluding hydrogens is 400 g/mol. The second-order valence-corrected chi connectivity index (χ2v) is 8.57. The monoisotopic (exact) mass is 420 g/mol. The molecule has 0 aromatic heterocycles. The Morgan fingerprint density at radius 3 is 2.50 bits per heavy atom. The predicted molar refractivity (Wildman–Crippen MR) is 118 cm³/mol. The number of carbonyl (C=O) groups is 1. The van der Waals surface area contributed by atoms with Gasteiger partial charge in [-0.1, -0.05) is 24.3 Å². The second kappa shape index (κ2) is 7.68. The van der Waals surface area contributed by atoms with Crippen molar-refractivity contribution in [2.75, 3.05) is 23.3 Å². The van der Waals surface area contributed by atoms with Crippen LogP contribution in [0.5, 0.6) is 5.75 Å². The van der Waals surface area contributed by atoms with Gasteiger partial charge in [-0.3, -0.25) is 9.10 Å². The van der Waals surface area contributed by atoms with Crippen LogP contribution in [0.3, 0.4) is 0 Å². The largest absolute Gasteiger partial charge is 0.497 e. The number of hydrogen-bond acceptors (Lipinski definition) is 4. The minimum Gasteiger partial charge on any atom is -0.497 e. The van der Waals surface area contributed by atoms with Crippen molar-refractivity contribution >= 4 is 27.3 Å². The lowest BCUT2D eigenvalue weighted by molar-refractivity contribution is 0.102. The molecule has 0 spiro atoms. The maximum Gasteiger partial charge on any atom is 0.265 e. The van der Waals surface area contributed by atoms with Crippen LogP contribution in [-0.2, 0) is 10.0 Å². The van der Waals surface area contributed by atoms with Crippen LogP contribution < -0.4 is 14.4 Å². The van der Waals surface area contributed by atoms with Crippen LogP contribution in [-0.4, -0.2) is 28.0 Å². The standard InChI is InChI=1S/C23H20N2O4S/c1-3-14-25-21-13-8-16(23(26)24-17-9-11-18(29-2)12-10-17)15-20(21)19-6-4-5-7-22(19)30(25,27)28/h3-13,15H,1,14H2,2H3,(H,24,26).